The topological polar surface area (TPSA) is 88.2 Å². The summed E-state index contributed by atoms with van der Waals surface area (Å²) in [7, 11) is 1.53. The predicted molar refractivity (Wildman–Crippen MR) is 144 cm³/mol. The molecule has 0 aromatic heterocycles. The molecule has 5 rings (SSSR count). The van der Waals surface area contributed by atoms with Crippen molar-refractivity contribution in [2.24, 2.45) is 0 Å². The average Bonchev–Trinajstić information content (AvgIpc) is 2.96. The minimum Gasteiger partial charge on any atom is -0.497 e. The number of piperidine rings is 1. The van der Waals surface area contributed by atoms with Crippen molar-refractivity contribution in [3.05, 3.63) is 89.5 Å². The highest BCUT2D eigenvalue weighted by atomic mass is 16.5. The van der Waals surface area contributed by atoms with Crippen LogP contribution in [0.3, 0.4) is 0 Å². The molecule has 8 nitrogen and oxygen atoms in total. The van der Waals surface area contributed by atoms with Crippen LogP contribution in [0.25, 0.3) is 0 Å². The van der Waals surface area contributed by atoms with E-state index in [2.05, 4.69) is 11.4 Å². The van der Waals surface area contributed by atoms with E-state index in [0.717, 1.165) is 17.7 Å². The molecule has 3 aromatic carbocycles. The standard InChI is InChI=1S/C30H31N3O5/c1-37-24-12-13-25(26(19-24)31-30(36)38-20-21-7-3-2-4-8-21)29(35)32-17-15-23(16-18-32)33-27-10-6-5-9-22(27)11-14-28(33)34/h2-10,12-13,19,23H,11,14-18,20H2,1H3,(H,31,36). The number of rotatable bonds is 6. The van der Waals surface area contributed by atoms with Gasteiger partial charge in [-0.2, -0.15) is 0 Å². The molecule has 1 saturated heterocycles. The molecule has 3 aromatic rings. The molecule has 0 radical (unpaired) electrons. The van der Waals surface area contributed by atoms with E-state index >= 15 is 0 Å². The molecule has 1 N–H and O–H groups in total. The monoisotopic (exact) mass is 513 g/mol. The highest BCUT2D eigenvalue weighted by Crippen LogP contribution is 2.33. The molecule has 196 valence electrons. The summed E-state index contributed by atoms with van der Waals surface area (Å²) in [6.45, 7) is 1.14. The molecular weight excluding hydrogens is 482 g/mol. The van der Waals surface area contributed by atoms with Crippen molar-refractivity contribution in [2.75, 3.05) is 30.4 Å². The van der Waals surface area contributed by atoms with Crippen LogP contribution >= 0.6 is 0 Å². The number of nitrogens with zero attached hydrogens (tertiary/aromatic N) is 2. The molecule has 8 heteroatoms. The molecule has 0 saturated carbocycles. The molecule has 2 aliphatic rings. The van der Waals surface area contributed by atoms with E-state index in [4.69, 9.17) is 9.47 Å². The average molecular weight is 514 g/mol. The number of likely N-dealkylation sites (tertiary alicyclic amines) is 1. The highest BCUT2D eigenvalue weighted by molar-refractivity contribution is 6.03. The SMILES string of the molecule is COc1ccc(C(=O)N2CCC(N3C(=O)CCc4ccccc43)CC2)c(NC(=O)OCc2ccccc2)c1. The van der Waals surface area contributed by atoms with E-state index in [1.165, 1.54) is 12.7 Å². The van der Waals surface area contributed by atoms with Gasteiger partial charge >= 0.3 is 6.09 Å². The summed E-state index contributed by atoms with van der Waals surface area (Å²) in [6.07, 6.45) is 1.99. The molecule has 0 aliphatic carbocycles. The van der Waals surface area contributed by atoms with Crippen LogP contribution in [-0.4, -0.2) is 49.0 Å². The maximum absolute atomic E-state index is 13.5. The molecule has 0 unspecified atom stereocenters. The summed E-state index contributed by atoms with van der Waals surface area (Å²) < 4.78 is 10.7. The molecule has 1 fully saturated rings. The van der Waals surface area contributed by atoms with Crippen LogP contribution in [0.15, 0.2) is 72.8 Å². The summed E-state index contributed by atoms with van der Waals surface area (Å²) >= 11 is 0. The van der Waals surface area contributed by atoms with Gasteiger partial charge in [0.05, 0.1) is 18.4 Å². The largest absolute Gasteiger partial charge is 0.497 e. The third kappa shape index (κ3) is 5.49. The normalized spacial score (nSPS) is 15.6. The van der Waals surface area contributed by atoms with Gasteiger partial charge in [0.25, 0.3) is 5.91 Å². The van der Waals surface area contributed by atoms with Crippen molar-refractivity contribution < 1.29 is 23.9 Å². The Hall–Kier alpha value is -4.33. The zero-order valence-electron chi connectivity index (χ0n) is 21.4. The van der Waals surface area contributed by atoms with Gasteiger partial charge in [-0.25, -0.2) is 4.79 Å². The van der Waals surface area contributed by atoms with Crippen LogP contribution < -0.4 is 15.0 Å². The second-order valence-corrected chi connectivity index (χ2v) is 9.51. The number of fused-ring (bicyclic) bond motifs is 1. The Morgan fingerprint density at radius 2 is 1.68 bits per heavy atom. The Morgan fingerprint density at radius 1 is 0.947 bits per heavy atom. The number of carbonyl (C=O) groups excluding carboxylic acids is 3. The van der Waals surface area contributed by atoms with Crippen LogP contribution in [0.2, 0.25) is 0 Å². The third-order valence-electron chi connectivity index (χ3n) is 7.15. The quantitative estimate of drug-likeness (QED) is 0.500. The molecule has 38 heavy (non-hydrogen) atoms. The van der Waals surface area contributed by atoms with Crippen molar-refractivity contribution in [1.29, 1.82) is 0 Å². The summed E-state index contributed by atoms with van der Waals surface area (Å²) in [5, 5.41) is 2.71. The van der Waals surface area contributed by atoms with Crippen LogP contribution in [-0.2, 0) is 22.6 Å². The number of para-hydroxylation sites is 1. The lowest BCUT2D eigenvalue weighted by atomic mass is 9.95. The summed E-state index contributed by atoms with van der Waals surface area (Å²) in [4.78, 5) is 42.6. The minimum atomic E-state index is -0.655. The van der Waals surface area contributed by atoms with Crippen molar-refractivity contribution in [3.8, 4) is 5.75 Å². The van der Waals surface area contributed by atoms with Crippen molar-refractivity contribution in [1.82, 2.24) is 4.90 Å². The van der Waals surface area contributed by atoms with Gasteiger partial charge in [0.15, 0.2) is 0 Å². The lowest BCUT2D eigenvalue weighted by molar-refractivity contribution is -0.119. The van der Waals surface area contributed by atoms with Crippen LogP contribution in [0.1, 0.15) is 40.7 Å². The van der Waals surface area contributed by atoms with Gasteiger partial charge in [-0.15, -0.1) is 0 Å². The van der Waals surface area contributed by atoms with E-state index < -0.39 is 6.09 Å². The van der Waals surface area contributed by atoms with Gasteiger partial charge in [0.1, 0.15) is 12.4 Å². The second-order valence-electron chi connectivity index (χ2n) is 9.51. The Bertz CT molecular complexity index is 1320. The predicted octanol–water partition coefficient (Wildman–Crippen LogP) is 5.03. The summed E-state index contributed by atoms with van der Waals surface area (Å²) in [6, 6.07) is 22.5. The number of methoxy groups -OCH3 is 1. The first-order valence-electron chi connectivity index (χ1n) is 12.9. The molecule has 3 amide bonds. The van der Waals surface area contributed by atoms with Gasteiger partial charge in [-0.3, -0.25) is 14.9 Å². The molecule has 0 bridgehead atoms. The molecule has 0 atom stereocenters. The number of nitrogens with one attached hydrogen (secondary N) is 1. The number of benzene rings is 3. The summed E-state index contributed by atoms with van der Waals surface area (Å²) in [5.74, 6) is 0.472. The number of hydrogen-bond acceptors (Lipinski definition) is 5. The first-order chi connectivity index (χ1) is 18.5. The molecule has 0 spiro atoms. The van der Waals surface area contributed by atoms with Crippen LogP contribution in [0.4, 0.5) is 16.2 Å². The van der Waals surface area contributed by atoms with E-state index in [0.29, 0.717) is 49.4 Å². The van der Waals surface area contributed by atoms with Crippen molar-refractivity contribution in [3.63, 3.8) is 0 Å². The number of hydrogen-bond donors (Lipinski definition) is 1. The maximum atomic E-state index is 13.5. The van der Waals surface area contributed by atoms with E-state index in [-0.39, 0.29) is 24.5 Å². The van der Waals surface area contributed by atoms with Crippen molar-refractivity contribution >= 4 is 29.3 Å². The van der Waals surface area contributed by atoms with E-state index in [9.17, 15) is 14.4 Å². The third-order valence-corrected chi connectivity index (χ3v) is 7.15. The zero-order chi connectivity index (χ0) is 26.5. The first kappa shape index (κ1) is 25.3. The number of anilines is 2. The molecule has 2 heterocycles. The van der Waals surface area contributed by atoms with Crippen LogP contribution in [0.5, 0.6) is 5.75 Å². The zero-order valence-corrected chi connectivity index (χ0v) is 21.4. The van der Waals surface area contributed by atoms with Gasteiger partial charge in [-0.05, 0) is 48.6 Å². The maximum Gasteiger partial charge on any atom is 0.411 e. The lowest BCUT2D eigenvalue weighted by Crippen LogP contribution is -2.50. The summed E-state index contributed by atoms with van der Waals surface area (Å²) in [5.41, 5.74) is 3.74. The number of ether oxygens (including phenoxy) is 2. The Kier molecular flexibility index (Phi) is 7.58. The number of amides is 3. The minimum absolute atomic E-state index is 0.0504. The first-order valence-corrected chi connectivity index (χ1v) is 12.9. The number of carbonyl (C=O) groups is 3. The fourth-order valence-electron chi connectivity index (χ4n) is 5.16. The Balaban J connectivity index is 1.26. The van der Waals surface area contributed by atoms with Crippen molar-refractivity contribution in [2.45, 2.75) is 38.3 Å². The highest BCUT2D eigenvalue weighted by Gasteiger charge is 2.34. The fraction of sp³-hybridized carbons (Fsp3) is 0.300. The molecular formula is C30H31N3O5. The van der Waals surface area contributed by atoms with Gasteiger partial charge in [0.2, 0.25) is 5.91 Å². The Morgan fingerprint density at radius 3 is 2.45 bits per heavy atom. The molecule has 2 aliphatic heterocycles. The second kappa shape index (κ2) is 11.4. The smallest absolute Gasteiger partial charge is 0.411 e. The van der Waals surface area contributed by atoms with E-state index in [1.54, 1.807) is 23.1 Å². The van der Waals surface area contributed by atoms with Gasteiger partial charge in [-0.1, -0.05) is 48.5 Å². The van der Waals surface area contributed by atoms with E-state index in [1.807, 2.05) is 53.4 Å². The van der Waals surface area contributed by atoms with Crippen LogP contribution in [0, 0.1) is 0 Å². The fourth-order valence-corrected chi connectivity index (χ4v) is 5.16. The lowest BCUT2D eigenvalue weighted by Gasteiger charge is -2.41. The van der Waals surface area contributed by atoms with Gasteiger partial charge in [0, 0.05) is 37.3 Å². The number of aryl methyl sites for hydroxylation is 1. The Labute approximate surface area is 222 Å². The van der Waals surface area contributed by atoms with Gasteiger partial charge < -0.3 is 19.3 Å².